The van der Waals surface area contributed by atoms with Crippen LogP contribution < -0.4 is 4.90 Å². The molecule has 2 heterocycles. The van der Waals surface area contributed by atoms with Crippen LogP contribution in [0.5, 0.6) is 0 Å². The molecular formula is C17H26N4O. The molecule has 1 aromatic heterocycles. The van der Waals surface area contributed by atoms with Crippen molar-refractivity contribution in [2.24, 2.45) is 0 Å². The summed E-state index contributed by atoms with van der Waals surface area (Å²) in [7, 11) is 2.15. The second kappa shape index (κ2) is 5.46. The SMILES string of the molecule is CN(CC1(O)CCCC1)C1CN(c2cc3c(nn2)CCC3)C1. The average Bonchev–Trinajstić information content (AvgIpc) is 3.05. The summed E-state index contributed by atoms with van der Waals surface area (Å²) in [4.78, 5) is 4.65. The number of hydrogen-bond acceptors (Lipinski definition) is 5. The predicted molar refractivity (Wildman–Crippen MR) is 86.1 cm³/mol. The van der Waals surface area contributed by atoms with Crippen LogP contribution in [-0.4, -0.2) is 58.5 Å². The predicted octanol–water partition coefficient (Wildman–Crippen LogP) is 1.39. The largest absolute Gasteiger partial charge is 0.389 e. The second-order valence-electron chi connectivity index (χ2n) is 7.43. The minimum atomic E-state index is -0.442. The molecule has 1 saturated heterocycles. The Bertz CT molecular complexity index is 550. The van der Waals surface area contributed by atoms with Crippen LogP contribution in [0.15, 0.2) is 6.07 Å². The molecule has 2 aliphatic carbocycles. The minimum absolute atomic E-state index is 0.442. The van der Waals surface area contributed by atoms with Gasteiger partial charge < -0.3 is 10.0 Å². The highest BCUT2D eigenvalue weighted by Gasteiger charge is 2.37. The summed E-state index contributed by atoms with van der Waals surface area (Å²) in [6.07, 6.45) is 7.73. The third-order valence-electron chi connectivity index (χ3n) is 5.69. The van der Waals surface area contributed by atoms with Crippen molar-refractivity contribution in [2.45, 2.75) is 56.6 Å². The lowest BCUT2D eigenvalue weighted by molar-refractivity contribution is 0.00181. The number of rotatable bonds is 4. The molecule has 0 spiro atoms. The van der Waals surface area contributed by atoms with Gasteiger partial charge in [0.15, 0.2) is 5.82 Å². The smallest absolute Gasteiger partial charge is 0.151 e. The van der Waals surface area contributed by atoms with Gasteiger partial charge in [-0.2, -0.15) is 5.10 Å². The van der Waals surface area contributed by atoms with Crippen molar-refractivity contribution < 1.29 is 5.11 Å². The van der Waals surface area contributed by atoms with E-state index in [1.54, 1.807) is 0 Å². The van der Waals surface area contributed by atoms with Gasteiger partial charge in [0.2, 0.25) is 0 Å². The number of aryl methyl sites for hydroxylation is 2. The molecule has 1 aliphatic heterocycles. The number of aromatic nitrogens is 2. The highest BCUT2D eigenvalue weighted by Crippen LogP contribution is 2.32. The first-order valence-electron chi connectivity index (χ1n) is 8.66. The molecule has 0 radical (unpaired) electrons. The van der Waals surface area contributed by atoms with Crippen LogP contribution in [0.1, 0.15) is 43.4 Å². The van der Waals surface area contributed by atoms with Gasteiger partial charge in [-0.25, -0.2) is 0 Å². The van der Waals surface area contributed by atoms with Gasteiger partial charge in [0.25, 0.3) is 0 Å². The zero-order chi connectivity index (χ0) is 15.2. The molecular weight excluding hydrogens is 276 g/mol. The van der Waals surface area contributed by atoms with Crippen molar-refractivity contribution in [3.8, 4) is 0 Å². The molecule has 0 amide bonds. The van der Waals surface area contributed by atoms with Crippen LogP contribution in [0.4, 0.5) is 5.82 Å². The third kappa shape index (κ3) is 2.61. The molecule has 2 fully saturated rings. The summed E-state index contributed by atoms with van der Waals surface area (Å²) in [6, 6.07) is 2.76. The first kappa shape index (κ1) is 14.4. The van der Waals surface area contributed by atoms with Gasteiger partial charge in [-0.15, -0.1) is 5.10 Å². The number of likely N-dealkylation sites (N-methyl/N-ethyl adjacent to an activating group) is 1. The Morgan fingerprint density at radius 1 is 1.23 bits per heavy atom. The standard InChI is InChI=1S/C17H26N4O/c1-20(12-17(22)7-2-3-8-17)14-10-21(11-14)16-9-13-5-4-6-15(13)18-19-16/h9,14,22H,2-8,10-12H2,1H3. The number of fused-ring (bicyclic) bond motifs is 1. The van der Waals surface area contributed by atoms with Gasteiger partial charge in [0.1, 0.15) is 0 Å². The quantitative estimate of drug-likeness (QED) is 0.911. The fraction of sp³-hybridized carbons (Fsp3) is 0.765. The fourth-order valence-corrected chi connectivity index (χ4v) is 4.18. The molecule has 0 aromatic carbocycles. The zero-order valence-electron chi connectivity index (χ0n) is 13.5. The second-order valence-corrected chi connectivity index (χ2v) is 7.43. The van der Waals surface area contributed by atoms with Crippen molar-refractivity contribution in [1.29, 1.82) is 0 Å². The molecule has 22 heavy (non-hydrogen) atoms. The number of aliphatic hydroxyl groups is 1. The Morgan fingerprint density at radius 2 is 2.00 bits per heavy atom. The van der Waals surface area contributed by atoms with Gasteiger partial charge in [0.05, 0.1) is 11.3 Å². The van der Waals surface area contributed by atoms with Crippen LogP contribution >= 0.6 is 0 Å². The van der Waals surface area contributed by atoms with E-state index in [2.05, 4.69) is 33.1 Å². The summed E-state index contributed by atoms with van der Waals surface area (Å²) in [5.74, 6) is 1.03. The number of hydrogen-bond donors (Lipinski definition) is 1. The molecule has 1 aromatic rings. The molecule has 5 nitrogen and oxygen atoms in total. The van der Waals surface area contributed by atoms with E-state index >= 15 is 0 Å². The Hall–Kier alpha value is -1.20. The maximum absolute atomic E-state index is 10.5. The lowest BCUT2D eigenvalue weighted by atomic mass is 9.99. The molecule has 1 saturated carbocycles. The van der Waals surface area contributed by atoms with Crippen molar-refractivity contribution >= 4 is 5.82 Å². The molecule has 3 aliphatic rings. The molecule has 1 N–H and O–H groups in total. The van der Waals surface area contributed by atoms with E-state index in [0.717, 1.165) is 51.1 Å². The Labute approximate surface area is 132 Å². The maximum atomic E-state index is 10.5. The highest BCUT2D eigenvalue weighted by atomic mass is 16.3. The summed E-state index contributed by atoms with van der Waals surface area (Å²) in [5, 5.41) is 19.3. The summed E-state index contributed by atoms with van der Waals surface area (Å²) >= 11 is 0. The molecule has 4 rings (SSSR count). The fourth-order valence-electron chi connectivity index (χ4n) is 4.18. The third-order valence-corrected chi connectivity index (χ3v) is 5.69. The van der Waals surface area contributed by atoms with E-state index in [0.29, 0.717) is 6.04 Å². The molecule has 5 heteroatoms. The topological polar surface area (TPSA) is 52.5 Å². The first-order chi connectivity index (χ1) is 10.6. The van der Waals surface area contributed by atoms with E-state index in [4.69, 9.17) is 0 Å². The summed E-state index contributed by atoms with van der Waals surface area (Å²) < 4.78 is 0. The van der Waals surface area contributed by atoms with E-state index in [9.17, 15) is 5.11 Å². The molecule has 0 unspecified atom stereocenters. The first-order valence-corrected chi connectivity index (χ1v) is 8.66. The monoisotopic (exact) mass is 302 g/mol. The molecule has 0 bridgehead atoms. The zero-order valence-corrected chi connectivity index (χ0v) is 13.5. The summed E-state index contributed by atoms with van der Waals surface area (Å²) in [5.41, 5.74) is 2.14. The van der Waals surface area contributed by atoms with Gasteiger partial charge in [-0.1, -0.05) is 12.8 Å². The van der Waals surface area contributed by atoms with Crippen molar-refractivity contribution in [3.63, 3.8) is 0 Å². The Morgan fingerprint density at radius 3 is 2.77 bits per heavy atom. The normalized spacial score (nSPS) is 23.9. The molecule has 0 atom stereocenters. The number of nitrogens with zero attached hydrogens (tertiary/aromatic N) is 4. The highest BCUT2D eigenvalue weighted by molar-refractivity contribution is 5.45. The van der Waals surface area contributed by atoms with Crippen LogP contribution in [-0.2, 0) is 12.8 Å². The lowest BCUT2D eigenvalue weighted by Crippen LogP contribution is -2.61. The Balaban J connectivity index is 1.33. The summed E-state index contributed by atoms with van der Waals surface area (Å²) in [6.45, 7) is 2.81. The van der Waals surface area contributed by atoms with Crippen molar-refractivity contribution in [3.05, 3.63) is 17.3 Å². The minimum Gasteiger partial charge on any atom is -0.389 e. The van der Waals surface area contributed by atoms with Gasteiger partial charge >= 0.3 is 0 Å². The van der Waals surface area contributed by atoms with Crippen LogP contribution in [0.3, 0.4) is 0 Å². The van der Waals surface area contributed by atoms with E-state index in [-0.39, 0.29) is 0 Å². The van der Waals surface area contributed by atoms with Crippen LogP contribution in [0, 0.1) is 0 Å². The van der Waals surface area contributed by atoms with Crippen molar-refractivity contribution in [1.82, 2.24) is 15.1 Å². The van der Waals surface area contributed by atoms with E-state index in [1.165, 1.54) is 30.5 Å². The van der Waals surface area contributed by atoms with Gasteiger partial charge in [-0.3, -0.25) is 4.90 Å². The van der Waals surface area contributed by atoms with E-state index in [1.807, 2.05) is 0 Å². The lowest BCUT2D eigenvalue weighted by Gasteiger charge is -2.46. The Kier molecular flexibility index (Phi) is 3.57. The van der Waals surface area contributed by atoms with Crippen molar-refractivity contribution in [2.75, 3.05) is 31.6 Å². The average molecular weight is 302 g/mol. The maximum Gasteiger partial charge on any atom is 0.151 e. The number of anilines is 1. The molecule has 120 valence electrons. The van der Waals surface area contributed by atoms with E-state index < -0.39 is 5.60 Å². The van der Waals surface area contributed by atoms with Crippen LogP contribution in [0.2, 0.25) is 0 Å². The van der Waals surface area contributed by atoms with Crippen LogP contribution in [0.25, 0.3) is 0 Å². The van der Waals surface area contributed by atoms with Gasteiger partial charge in [0, 0.05) is 25.7 Å². The van der Waals surface area contributed by atoms with Gasteiger partial charge in [-0.05, 0) is 50.8 Å².